The summed E-state index contributed by atoms with van der Waals surface area (Å²) in [6.07, 6.45) is 2.12. The SMILES string of the molecule is CCCc1ccc(C(=O)OCCOCN)cc1. The number of carbonyl (C=O) groups excluding carboxylic acids is 1. The molecule has 0 spiro atoms. The molecule has 0 fully saturated rings. The van der Waals surface area contributed by atoms with Crippen molar-refractivity contribution in [1.82, 2.24) is 0 Å². The molecule has 4 heteroatoms. The molecule has 0 heterocycles. The summed E-state index contributed by atoms with van der Waals surface area (Å²) in [4.78, 5) is 11.6. The van der Waals surface area contributed by atoms with Crippen LogP contribution in [0.2, 0.25) is 0 Å². The Bertz CT molecular complexity index is 335. The fraction of sp³-hybridized carbons (Fsp3) is 0.462. The van der Waals surface area contributed by atoms with Gasteiger partial charge in [-0.25, -0.2) is 4.79 Å². The highest BCUT2D eigenvalue weighted by atomic mass is 16.6. The van der Waals surface area contributed by atoms with Gasteiger partial charge >= 0.3 is 5.97 Å². The van der Waals surface area contributed by atoms with Gasteiger partial charge in [-0.1, -0.05) is 25.5 Å². The van der Waals surface area contributed by atoms with Gasteiger partial charge in [-0.3, -0.25) is 0 Å². The highest BCUT2D eigenvalue weighted by Gasteiger charge is 2.06. The average Bonchev–Trinajstić information content (AvgIpc) is 2.36. The second kappa shape index (κ2) is 7.81. The van der Waals surface area contributed by atoms with Crippen molar-refractivity contribution in [2.75, 3.05) is 19.9 Å². The summed E-state index contributed by atoms with van der Waals surface area (Å²) in [6.45, 7) is 2.83. The van der Waals surface area contributed by atoms with Crippen LogP contribution in [0.25, 0.3) is 0 Å². The molecule has 2 N–H and O–H groups in total. The van der Waals surface area contributed by atoms with E-state index in [0.29, 0.717) is 12.2 Å². The highest BCUT2D eigenvalue weighted by Crippen LogP contribution is 2.07. The molecule has 0 bridgehead atoms. The lowest BCUT2D eigenvalue weighted by molar-refractivity contribution is 0.0326. The standard InChI is InChI=1S/C13H19NO3/c1-2-3-11-4-6-12(7-5-11)13(15)17-9-8-16-10-14/h4-7H,2-3,8-10,14H2,1H3. The van der Waals surface area contributed by atoms with Crippen LogP contribution in [0.1, 0.15) is 29.3 Å². The van der Waals surface area contributed by atoms with Crippen molar-refractivity contribution in [3.05, 3.63) is 35.4 Å². The molecule has 4 nitrogen and oxygen atoms in total. The largest absolute Gasteiger partial charge is 0.460 e. The lowest BCUT2D eigenvalue weighted by Gasteiger charge is -2.05. The molecule has 0 aromatic heterocycles. The van der Waals surface area contributed by atoms with Crippen LogP contribution in [0, 0.1) is 0 Å². The molecule has 0 aliphatic heterocycles. The Morgan fingerprint density at radius 1 is 1.24 bits per heavy atom. The van der Waals surface area contributed by atoms with Gasteiger partial charge in [-0.2, -0.15) is 0 Å². The average molecular weight is 237 g/mol. The quantitative estimate of drug-likeness (QED) is 0.445. The zero-order chi connectivity index (χ0) is 12.5. The molecular weight excluding hydrogens is 218 g/mol. The first-order chi connectivity index (χ1) is 8.27. The molecule has 0 amide bonds. The lowest BCUT2D eigenvalue weighted by Crippen LogP contribution is -2.13. The Morgan fingerprint density at radius 3 is 2.53 bits per heavy atom. The summed E-state index contributed by atoms with van der Waals surface area (Å²) >= 11 is 0. The number of aryl methyl sites for hydroxylation is 1. The van der Waals surface area contributed by atoms with Crippen LogP contribution in [0.15, 0.2) is 24.3 Å². The van der Waals surface area contributed by atoms with Crippen molar-refractivity contribution in [2.45, 2.75) is 19.8 Å². The second-order valence-electron chi connectivity index (χ2n) is 3.66. The summed E-state index contributed by atoms with van der Waals surface area (Å²) in [5.74, 6) is -0.325. The Kier molecular flexibility index (Phi) is 6.29. The Balaban J connectivity index is 2.40. The number of benzene rings is 1. The summed E-state index contributed by atoms with van der Waals surface area (Å²) in [5.41, 5.74) is 6.94. The second-order valence-corrected chi connectivity index (χ2v) is 3.66. The third-order valence-electron chi connectivity index (χ3n) is 2.31. The van der Waals surface area contributed by atoms with E-state index >= 15 is 0 Å². The Hall–Kier alpha value is -1.39. The molecule has 0 unspecified atom stereocenters. The summed E-state index contributed by atoms with van der Waals surface area (Å²) in [5, 5.41) is 0. The van der Waals surface area contributed by atoms with Crippen LogP contribution in [0.4, 0.5) is 0 Å². The third kappa shape index (κ3) is 4.97. The molecule has 0 atom stereocenters. The van der Waals surface area contributed by atoms with E-state index in [9.17, 15) is 4.79 Å². The minimum absolute atomic E-state index is 0.142. The minimum atomic E-state index is -0.325. The molecule has 1 aromatic carbocycles. The van der Waals surface area contributed by atoms with Crippen molar-refractivity contribution in [2.24, 2.45) is 5.73 Å². The number of esters is 1. The monoisotopic (exact) mass is 237 g/mol. The molecule has 1 aromatic rings. The van der Waals surface area contributed by atoms with E-state index in [4.69, 9.17) is 15.2 Å². The smallest absolute Gasteiger partial charge is 0.338 e. The van der Waals surface area contributed by atoms with Gasteiger partial charge in [0.2, 0.25) is 0 Å². The molecule has 17 heavy (non-hydrogen) atoms. The van der Waals surface area contributed by atoms with Gasteiger partial charge < -0.3 is 15.2 Å². The first-order valence-electron chi connectivity index (χ1n) is 5.81. The molecule has 94 valence electrons. The van der Waals surface area contributed by atoms with Crippen LogP contribution in [0.3, 0.4) is 0 Å². The lowest BCUT2D eigenvalue weighted by atomic mass is 10.1. The molecule has 0 saturated carbocycles. The van der Waals surface area contributed by atoms with Crippen LogP contribution >= 0.6 is 0 Å². The molecule has 0 aliphatic rings. The number of hydrogen-bond donors (Lipinski definition) is 1. The predicted molar refractivity (Wildman–Crippen MR) is 65.7 cm³/mol. The topological polar surface area (TPSA) is 61.5 Å². The highest BCUT2D eigenvalue weighted by molar-refractivity contribution is 5.89. The molecular formula is C13H19NO3. The van der Waals surface area contributed by atoms with Gasteiger partial charge in [0.25, 0.3) is 0 Å². The van der Waals surface area contributed by atoms with Crippen molar-refractivity contribution < 1.29 is 14.3 Å². The first kappa shape index (κ1) is 13.7. The third-order valence-corrected chi connectivity index (χ3v) is 2.31. The number of nitrogens with two attached hydrogens (primary N) is 1. The van der Waals surface area contributed by atoms with E-state index in [0.717, 1.165) is 12.8 Å². The normalized spacial score (nSPS) is 10.2. The molecule has 0 radical (unpaired) electrons. The first-order valence-corrected chi connectivity index (χ1v) is 5.81. The van der Waals surface area contributed by atoms with Crippen molar-refractivity contribution in [3.8, 4) is 0 Å². The zero-order valence-corrected chi connectivity index (χ0v) is 10.1. The van der Waals surface area contributed by atoms with E-state index in [-0.39, 0.29) is 19.3 Å². The van der Waals surface area contributed by atoms with Crippen molar-refractivity contribution >= 4 is 5.97 Å². The van der Waals surface area contributed by atoms with Gasteiger partial charge in [-0.15, -0.1) is 0 Å². The molecule has 0 saturated heterocycles. The van der Waals surface area contributed by atoms with E-state index in [1.165, 1.54) is 5.56 Å². The van der Waals surface area contributed by atoms with Crippen molar-refractivity contribution in [3.63, 3.8) is 0 Å². The number of ether oxygens (including phenoxy) is 2. The van der Waals surface area contributed by atoms with Crippen LogP contribution in [-0.2, 0) is 15.9 Å². The van der Waals surface area contributed by atoms with Gasteiger partial charge in [0, 0.05) is 0 Å². The fourth-order valence-electron chi connectivity index (χ4n) is 1.46. The van der Waals surface area contributed by atoms with E-state index < -0.39 is 0 Å². The zero-order valence-electron chi connectivity index (χ0n) is 10.1. The van der Waals surface area contributed by atoms with Gasteiger partial charge in [0.1, 0.15) is 6.61 Å². The van der Waals surface area contributed by atoms with E-state index in [1.807, 2.05) is 12.1 Å². The fourth-order valence-corrected chi connectivity index (χ4v) is 1.46. The summed E-state index contributed by atoms with van der Waals surface area (Å²) in [7, 11) is 0. The van der Waals surface area contributed by atoms with Gasteiger partial charge in [0.05, 0.1) is 18.9 Å². The van der Waals surface area contributed by atoms with Crippen LogP contribution in [0.5, 0.6) is 0 Å². The maximum absolute atomic E-state index is 11.6. The Morgan fingerprint density at radius 2 is 1.94 bits per heavy atom. The number of hydrogen-bond acceptors (Lipinski definition) is 4. The number of carbonyl (C=O) groups is 1. The van der Waals surface area contributed by atoms with Gasteiger partial charge in [0.15, 0.2) is 0 Å². The predicted octanol–water partition coefficient (Wildman–Crippen LogP) is 1.73. The maximum Gasteiger partial charge on any atom is 0.338 e. The number of rotatable bonds is 7. The van der Waals surface area contributed by atoms with Crippen LogP contribution in [-0.4, -0.2) is 25.9 Å². The summed E-state index contributed by atoms with van der Waals surface area (Å²) < 4.78 is 9.88. The maximum atomic E-state index is 11.6. The van der Waals surface area contributed by atoms with Gasteiger partial charge in [-0.05, 0) is 24.1 Å². The van der Waals surface area contributed by atoms with Crippen LogP contribution < -0.4 is 5.73 Å². The van der Waals surface area contributed by atoms with Crippen molar-refractivity contribution in [1.29, 1.82) is 0 Å². The minimum Gasteiger partial charge on any atom is -0.460 e. The van der Waals surface area contributed by atoms with E-state index in [2.05, 4.69) is 6.92 Å². The molecule has 1 rings (SSSR count). The summed E-state index contributed by atoms with van der Waals surface area (Å²) in [6, 6.07) is 7.49. The van der Waals surface area contributed by atoms with E-state index in [1.54, 1.807) is 12.1 Å². The molecule has 0 aliphatic carbocycles. The Labute approximate surface area is 102 Å².